The van der Waals surface area contributed by atoms with Crippen LogP contribution >= 0.6 is 12.4 Å². The Morgan fingerprint density at radius 3 is 2.03 bits per heavy atom. The molecule has 1 aliphatic rings. The van der Waals surface area contributed by atoms with Crippen LogP contribution in [0.5, 0.6) is 0 Å². The molecule has 2 aromatic carbocycles. The molecule has 0 radical (unpaired) electrons. The summed E-state index contributed by atoms with van der Waals surface area (Å²) in [5.74, 6) is -0.225. The maximum absolute atomic E-state index is 12.2. The number of amides is 1. The second-order valence-corrected chi connectivity index (χ2v) is 8.43. The van der Waals surface area contributed by atoms with Gasteiger partial charge in [0.2, 0.25) is 5.91 Å². The van der Waals surface area contributed by atoms with Gasteiger partial charge in [0.15, 0.2) is 0 Å². The lowest BCUT2D eigenvalue weighted by molar-refractivity contribution is -0.114. The minimum Gasteiger partial charge on any atom is -0.366 e. The molecular formula is C26H35ClN2O. The van der Waals surface area contributed by atoms with Crippen molar-refractivity contribution in [3.8, 4) is 0 Å². The fraction of sp³-hybridized carbons (Fsp3) is 0.423. The second-order valence-electron chi connectivity index (χ2n) is 8.43. The number of aryl methyl sites for hydroxylation is 1. The Balaban J connectivity index is 0.00000320. The Bertz CT molecular complexity index is 821. The van der Waals surface area contributed by atoms with Crippen LogP contribution < -0.4 is 5.73 Å². The van der Waals surface area contributed by atoms with E-state index in [1.54, 1.807) is 0 Å². The standard InChI is InChI=1S/C26H34N2O.ClH/c1-28(2)26(23-14-7-4-8-15-23)19-17-22(18-20-26)24(25(27)29)16-10-9-13-21-11-5-3-6-12-21;/h3-8,11-12,14-15H,9-10,13,16-20H2,1-2H3,(H2,27,29);1H. The van der Waals surface area contributed by atoms with Crippen molar-refractivity contribution in [1.82, 2.24) is 4.90 Å². The number of unbranched alkanes of at least 4 members (excludes halogenated alkanes) is 1. The zero-order valence-electron chi connectivity index (χ0n) is 18.3. The van der Waals surface area contributed by atoms with Crippen molar-refractivity contribution in [1.29, 1.82) is 0 Å². The summed E-state index contributed by atoms with van der Waals surface area (Å²) in [6.45, 7) is 0. The van der Waals surface area contributed by atoms with Gasteiger partial charge in [0.1, 0.15) is 0 Å². The monoisotopic (exact) mass is 426 g/mol. The summed E-state index contributed by atoms with van der Waals surface area (Å²) in [6.07, 6.45) is 7.90. The summed E-state index contributed by atoms with van der Waals surface area (Å²) in [4.78, 5) is 14.5. The molecule has 0 aromatic heterocycles. The minimum atomic E-state index is -0.225. The number of nitrogens with two attached hydrogens (primary N) is 1. The Morgan fingerprint density at radius 2 is 1.50 bits per heavy atom. The van der Waals surface area contributed by atoms with Crippen molar-refractivity contribution in [2.45, 2.75) is 56.9 Å². The van der Waals surface area contributed by atoms with Crippen LogP contribution in [0.4, 0.5) is 0 Å². The molecule has 2 N–H and O–H groups in total. The van der Waals surface area contributed by atoms with Crippen molar-refractivity contribution in [2.24, 2.45) is 5.73 Å². The normalized spacial score (nSPS) is 18.7. The first kappa shape index (κ1) is 24.2. The number of halogens is 1. The third kappa shape index (κ3) is 5.74. The highest BCUT2D eigenvalue weighted by molar-refractivity contribution is 5.92. The number of hydrogen-bond acceptors (Lipinski definition) is 2. The van der Waals surface area contributed by atoms with Crippen LogP contribution in [0.1, 0.15) is 56.1 Å². The molecule has 0 bridgehead atoms. The number of allylic oxidation sites excluding steroid dienone is 1. The fourth-order valence-corrected chi connectivity index (χ4v) is 4.76. The largest absolute Gasteiger partial charge is 0.366 e. The van der Waals surface area contributed by atoms with E-state index >= 15 is 0 Å². The molecule has 0 saturated heterocycles. The fourth-order valence-electron chi connectivity index (χ4n) is 4.76. The highest BCUT2D eigenvalue weighted by Crippen LogP contribution is 2.43. The van der Waals surface area contributed by atoms with Crippen molar-refractivity contribution in [3.05, 3.63) is 82.9 Å². The number of primary amides is 1. The van der Waals surface area contributed by atoms with Gasteiger partial charge in [-0.3, -0.25) is 9.69 Å². The van der Waals surface area contributed by atoms with E-state index in [2.05, 4.69) is 73.6 Å². The molecular weight excluding hydrogens is 392 g/mol. The molecule has 4 heteroatoms. The predicted octanol–water partition coefficient (Wildman–Crippen LogP) is 5.63. The Kier molecular flexibility index (Phi) is 9.13. The van der Waals surface area contributed by atoms with Crippen LogP contribution in [-0.4, -0.2) is 24.9 Å². The van der Waals surface area contributed by atoms with Gasteiger partial charge in [-0.25, -0.2) is 0 Å². The van der Waals surface area contributed by atoms with Gasteiger partial charge >= 0.3 is 0 Å². The van der Waals surface area contributed by atoms with Crippen molar-refractivity contribution in [2.75, 3.05) is 14.1 Å². The number of benzene rings is 2. The molecule has 1 aliphatic carbocycles. The average Bonchev–Trinajstić information content (AvgIpc) is 2.75. The van der Waals surface area contributed by atoms with Crippen molar-refractivity contribution >= 4 is 18.3 Å². The Morgan fingerprint density at radius 1 is 0.933 bits per heavy atom. The van der Waals surface area contributed by atoms with Crippen LogP contribution in [0.3, 0.4) is 0 Å². The SMILES string of the molecule is CN(C)C1(c2ccccc2)CCC(=C(CCCCc2ccccc2)C(N)=O)CC1.Cl. The van der Waals surface area contributed by atoms with E-state index in [9.17, 15) is 4.79 Å². The predicted molar refractivity (Wildman–Crippen MR) is 128 cm³/mol. The molecule has 2 aromatic rings. The minimum absolute atomic E-state index is 0. The van der Waals surface area contributed by atoms with Gasteiger partial charge in [-0.1, -0.05) is 66.2 Å². The second kappa shape index (κ2) is 11.3. The van der Waals surface area contributed by atoms with E-state index in [0.717, 1.165) is 56.9 Å². The molecule has 0 spiro atoms. The van der Waals surface area contributed by atoms with E-state index in [1.165, 1.54) is 16.7 Å². The molecule has 30 heavy (non-hydrogen) atoms. The molecule has 1 amide bonds. The molecule has 0 atom stereocenters. The third-order valence-corrected chi connectivity index (χ3v) is 6.56. The molecule has 3 nitrogen and oxygen atoms in total. The van der Waals surface area contributed by atoms with Crippen LogP contribution in [0, 0.1) is 0 Å². The lowest BCUT2D eigenvalue weighted by Gasteiger charge is -2.44. The summed E-state index contributed by atoms with van der Waals surface area (Å²) in [5.41, 5.74) is 10.7. The van der Waals surface area contributed by atoms with Gasteiger partial charge in [0.05, 0.1) is 0 Å². The van der Waals surface area contributed by atoms with Crippen molar-refractivity contribution < 1.29 is 4.79 Å². The zero-order chi connectivity index (χ0) is 20.7. The van der Waals surface area contributed by atoms with E-state index in [-0.39, 0.29) is 23.9 Å². The number of rotatable bonds is 8. The van der Waals surface area contributed by atoms with Gasteiger partial charge in [-0.05, 0) is 76.6 Å². The molecule has 162 valence electrons. The number of nitrogens with zero attached hydrogens (tertiary/aromatic N) is 1. The summed E-state index contributed by atoms with van der Waals surface area (Å²) in [7, 11) is 4.33. The Labute approximate surface area is 187 Å². The van der Waals surface area contributed by atoms with Gasteiger partial charge < -0.3 is 5.73 Å². The summed E-state index contributed by atoms with van der Waals surface area (Å²) in [6, 6.07) is 21.3. The Hall–Kier alpha value is -2.10. The summed E-state index contributed by atoms with van der Waals surface area (Å²) in [5, 5.41) is 0. The van der Waals surface area contributed by atoms with Crippen molar-refractivity contribution in [3.63, 3.8) is 0 Å². The molecule has 1 fully saturated rings. The highest BCUT2D eigenvalue weighted by Gasteiger charge is 2.37. The number of hydrogen-bond donors (Lipinski definition) is 1. The lowest BCUT2D eigenvalue weighted by Crippen LogP contribution is -2.43. The first-order valence-electron chi connectivity index (χ1n) is 10.8. The maximum atomic E-state index is 12.2. The van der Waals surface area contributed by atoms with E-state index in [1.807, 2.05) is 6.07 Å². The molecule has 0 unspecified atom stereocenters. The molecule has 1 saturated carbocycles. The molecule has 3 rings (SSSR count). The quantitative estimate of drug-likeness (QED) is 0.439. The van der Waals surface area contributed by atoms with Crippen LogP contribution in [0.25, 0.3) is 0 Å². The van der Waals surface area contributed by atoms with Crippen LogP contribution in [0.2, 0.25) is 0 Å². The first-order valence-corrected chi connectivity index (χ1v) is 10.8. The van der Waals surface area contributed by atoms with Gasteiger partial charge in [0, 0.05) is 11.1 Å². The van der Waals surface area contributed by atoms with E-state index in [4.69, 9.17) is 5.73 Å². The van der Waals surface area contributed by atoms with E-state index in [0.29, 0.717) is 0 Å². The first-order chi connectivity index (χ1) is 14.0. The smallest absolute Gasteiger partial charge is 0.244 e. The summed E-state index contributed by atoms with van der Waals surface area (Å²) < 4.78 is 0. The van der Waals surface area contributed by atoms with Gasteiger partial charge in [-0.15, -0.1) is 12.4 Å². The zero-order valence-corrected chi connectivity index (χ0v) is 19.1. The summed E-state index contributed by atoms with van der Waals surface area (Å²) >= 11 is 0. The van der Waals surface area contributed by atoms with Gasteiger partial charge in [0.25, 0.3) is 0 Å². The van der Waals surface area contributed by atoms with E-state index < -0.39 is 0 Å². The average molecular weight is 427 g/mol. The van der Waals surface area contributed by atoms with Crippen LogP contribution in [0.15, 0.2) is 71.8 Å². The number of carbonyl (C=O) groups is 1. The molecule has 0 heterocycles. The lowest BCUT2D eigenvalue weighted by atomic mass is 9.72. The van der Waals surface area contributed by atoms with Crippen LogP contribution in [-0.2, 0) is 16.8 Å². The van der Waals surface area contributed by atoms with Gasteiger partial charge in [-0.2, -0.15) is 0 Å². The number of carbonyl (C=O) groups excluding carboxylic acids is 1. The maximum Gasteiger partial charge on any atom is 0.244 e. The topological polar surface area (TPSA) is 46.3 Å². The highest BCUT2D eigenvalue weighted by atomic mass is 35.5. The third-order valence-electron chi connectivity index (χ3n) is 6.56. The molecule has 0 aliphatic heterocycles.